The van der Waals surface area contributed by atoms with Gasteiger partial charge < -0.3 is 10.4 Å². The quantitative estimate of drug-likeness (QED) is 0.876. The van der Waals surface area contributed by atoms with Crippen LogP contribution in [0.2, 0.25) is 0 Å². The van der Waals surface area contributed by atoms with Gasteiger partial charge in [-0.25, -0.2) is 9.59 Å². The largest absolute Gasteiger partial charge is 0.480 e. The Balaban J connectivity index is 2.99. The summed E-state index contributed by atoms with van der Waals surface area (Å²) in [4.78, 5) is 25.3. The number of carboxylic acid groups (broad SMARTS) is 1. The van der Waals surface area contributed by atoms with E-state index < -0.39 is 17.5 Å². The lowest BCUT2D eigenvalue weighted by Crippen LogP contribution is -2.56. The molecule has 0 heterocycles. The van der Waals surface area contributed by atoms with Gasteiger partial charge in [0.05, 0.1) is 0 Å². The van der Waals surface area contributed by atoms with Gasteiger partial charge in [-0.1, -0.05) is 19.9 Å². The number of urea groups is 1. The molecule has 0 saturated carbocycles. The van der Waals surface area contributed by atoms with Crippen molar-refractivity contribution < 1.29 is 14.7 Å². The Kier molecular flexibility index (Phi) is 5.35. The molecule has 1 rings (SSSR count). The predicted molar refractivity (Wildman–Crippen MR) is 83.8 cm³/mol. The summed E-state index contributed by atoms with van der Waals surface area (Å²) in [5.41, 5.74) is 1.64. The molecule has 0 bridgehead atoms. The summed E-state index contributed by atoms with van der Waals surface area (Å²) in [6, 6.07) is 5.40. The lowest BCUT2D eigenvalue weighted by molar-refractivity contribution is -0.144. The smallest absolute Gasteiger partial charge is 0.329 e. The Labute approximate surface area is 126 Å². The summed E-state index contributed by atoms with van der Waals surface area (Å²) in [7, 11) is 1.64. The van der Waals surface area contributed by atoms with Crippen LogP contribution in [0.1, 0.15) is 37.8 Å². The van der Waals surface area contributed by atoms with Crippen molar-refractivity contribution in [1.29, 1.82) is 0 Å². The van der Waals surface area contributed by atoms with Gasteiger partial charge in [0.25, 0.3) is 0 Å². The average molecular weight is 292 g/mol. The summed E-state index contributed by atoms with van der Waals surface area (Å²) in [6.45, 7) is 7.44. The normalized spacial score (nSPS) is 11.1. The highest BCUT2D eigenvalue weighted by molar-refractivity contribution is 5.95. The molecule has 1 aromatic rings. The van der Waals surface area contributed by atoms with Crippen LogP contribution in [-0.4, -0.2) is 29.7 Å². The van der Waals surface area contributed by atoms with Crippen molar-refractivity contribution in [3.63, 3.8) is 0 Å². The number of aryl methyl sites for hydroxylation is 2. The van der Waals surface area contributed by atoms with Crippen LogP contribution in [0.4, 0.5) is 10.5 Å². The van der Waals surface area contributed by atoms with E-state index in [2.05, 4.69) is 5.32 Å². The van der Waals surface area contributed by atoms with Crippen LogP contribution < -0.4 is 10.2 Å². The van der Waals surface area contributed by atoms with E-state index in [1.54, 1.807) is 20.9 Å². The predicted octanol–water partition coefficient (Wildman–Crippen LogP) is 3.09. The third-order valence-corrected chi connectivity index (χ3v) is 3.86. The third-order valence-electron chi connectivity index (χ3n) is 3.86. The van der Waals surface area contributed by atoms with Crippen molar-refractivity contribution >= 4 is 17.7 Å². The van der Waals surface area contributed by atoms with E-state index in [1.165, 1.54) is 4.90 Å². The number of amides is 2. The maximum absolute atomic E-state index is 12.4. The molecule has 2 amide bonds. The number of carbonyl (C=O) groups excluding carboxylic acids is 1. The molecule has 116 valence electrons. The molecule has 0 saturated heterocycles. The summed E-state index contributed by atoms with van der Waals surface area (Å²) >= 11 is 0. The van der Waals surface area contributed by atoms with Gasteiger partial charge in [-0.2, -0.15) is 0 Å². The molecule has 0 aliphatic rings. The topological polar surface area (TPSA) is 69.6 Å². The second-order valence-electron chi connectivity index (χ2n) is 5.43. The summed E-state index contributed by atoms with van der Waals surface area (Å²) in [6.07, 6.45) is 0.677. The molecule has 0 spiro atoms. The van der Waals surface area contributed by atoms with Crippen LogP contribution in [0.25, 0.3) is 0 Å². The van der Waals surface area contributed by atoms with Crippen molar-refractivity contribution in [3.8, 4) is 0 Å². The maximum Gasteiger partial charge on any atom is 0.329 e. The van der Waals surface area contributed by atoms with Gasteiger partial charge in [0, 0.05) is 12.7 Å². The van der Waals surface area contributed by atoms with Gasteiger partial charge in [-0.3, -0.25) is 4.90 Å². The summed E-state index contributed by atoms with van der Waals surface area (Å²) < 4.78 is 0. The number of rotatable bonds is 5. The molecule has 1 aromatic carbocycles. The van der Waals surface area contributed by atoms with Crippen molar-refractivity contribution in [2.45, 2.75) is 46.1 Å². The molecular formula is C16H24N2O3. The first-order valence-corrected chi connectivity index (χ1v) is 7.13. The Morgan fingerprint density at radius 3 is 2.00 bits per heavy atom. The molecule has 0 unspecified atom stereocenters. The zero-order valence-corrected chi connectivity index (χ0v) is 13.4. The molecule has 0 aliphatic heterocycles. The maximum atomic E-state index is 12.4. The molecule has 0 aliphatic carbocycles. The Morgan fingerprint density at radius 2 is 1.62 bits per heavy atom. The van der Waals surface area contributed by atoms with Gasteiger partial charge in [0.1, 0.15) is 5.54 Å². The van der Waals surface area contributed by atoms with Crippen LogP contribution >= 0.6 is 0 Å². The number of hydrogen-bond donors (Lipinski definition) is 2. The first-order valence-electron chi connectivity index (χ1n) is 7.13. The number of aliphatic carboxylic acids is 1. The van der Waals surface area contributed by atoms with Gasteiger partial charge in [-0.05, 0) is 49.9 Å². The van der Waals surface area contributed by atoms with E-state index in [0.29, 0.717) is 12.8 Å². The fourth-order valence-corrected chi connectivity index (χ4v) is 2.33. The first kappa shape index (κ1) is 17.0. The van der Waals surface area contributed by atoms with E-state index in [0.717, 1.165) is 16.8 Å². The number of anilines is 1. The van der Waals surface area contributed by atoms with Crippen LogP contribution in [0.3, 0.4) is 0 Å². The molecule has 5 nitrogen and oxygen atoms in total. The zero-order chi connectivity index (χ0) is 16.2. The fourth-order valence-electron chi connectivity index (χ4n) is 2.33. The molecule has 0 aromatic heterocycles. The Morgan fingerprint density at radius 1 is 1.14 bits per heavy atom. The van der Waals surface area contributed by atoms with E-state index in [9.17, 15) is 14.7 Å². The molecule has 0 radical (unpaired) electrons. The van der Waals surface area contributed by atoms with E-state index in [-0.39, 0.29) is 0 Å². The molecule has 21 heavy (non-hydrogen) atoms. The number of carbonyl (C=O) groups is 2. The second-order valence-corrected chi connectivity index (χ2v) is 5.43. The van der Waals surface area contributed by atoms with Gasteiger partial charge >= 0.3 is 12.0 Å². The van der Waals surface area contributed by atoms with E-state index in [1.807, 2.05) is 32.0 Å². The highest BCUT2D eigenvalue weighted by atomic mass is 16.4. The van der Waals surface area contributed by atoms with Gasteiger partial charge in [0.2, 0.25) is 0 Å². The average Bonchev–Trinajstić information content (AvgIpc) is 2.42. The van der Waals surface area contributed by atoms with Crippen molar-refractivity contribution in [1.82, 2.24) is 5.32 Å². The minimum absolute atomic E-state index is 0.339. The molecule has 0 fully saturated rings. The standard InChI is InChI=1S/C16H24N2O3/c1-6-16(7-2,14(19)20)17-15(21)18(5)13-9-11(3)8-12(4)10-13/h8-10H,6-7H2,1-5H3,(H,17,21)(H,19,20). The SMILES string of the molecule is CCC(CC)(NC(=O)N(C)c1cc(C)cc(C)c1)C(=O)O. The van der Waals surface area contributed by atoms with Gasteiger partial charge in [0.15, 0.2) is 0 Å². The molecular weight excluding hydrogens is 268 g/mol. The van der Waals surface area contributed by atoms with Crippen LogP contribution in [0, 0.1) is 13.8 Å². The minimum atomic E-state index is -1.22. The first-order chi connectivity index (χ1) is 9.75. The number of benzene rings is 1. The Bertz CT molecular complexity index is 516. The number of nitrogens with zero attached hydrogens (tertiary/aromatic N) is 1. The molecule has 5 heteroatoms. The number of hydrogen-bond acceptors (Lipinski definition) is 2. The van der Waals surface area contributed by atoms with Crippen molar-refractivity contribution in [2.75, 3.05) is 11.9 Å². The van der Waals surface area contributed by atoms with Gasteiger partial charge in [-0.15, -0.1) is 0 Å². The van der Waals surface area contributed by atoms with Crippen molar-refractivity contribution in [3.05, 3.63) is 29.3 Å². The highest BCUT2D eigenvalue weighted by Crippen LogP contribution is 2.20. The summed E-state index contributed by atoms with van der Waals surface area (Å²) in [5.74, 6) is -1.00. The van der Waals surface area contributed by atoms with E-state index >= 15 is 0 Å². The van der Waals surface area contributed by atoms with E-state index in [4.69, 9.17) is 0 Å². The monoisotopic (exact) mass is 292 g/mol. The lowest BCUT2D eigenvalue weighted by Gasteiger charge is -2.30. The van der Waals surface area contributed by atoms with Crippen LogP contribution in [0.15, 0.2) is 18.2 Å². The Hall–Kier alpha value is -2.04. The fraction of sp³-hybridized carbons (Fsp3) is 0.500. The molecule has 0 atom stereocenters. The van der Waals surface area contributed by atoms with Crippen LogP contribution in [-0.2, 0) is 4.79 Å². The zero-order valence-electron chi connectivity index (χ0n) is 13.4. The van der Waals surface area contributed by atoms with Crippen LogP contribution in [0.5, 0.6) is 0 Å². The number of nitrogens with one attached hydrogen (secondary N) is 1. The lowest BCUT2D eigenvalue weighted by atomic mass is 9.93. The number of carboxylic acids is 1. The third kappa shape index (κ3) is 3.74. The van der Waals surface area contributed by atoms with Crippen molar-refractivity contribution in [2.24, 2.45) is 0 Å². The minimum Gasteiger partial charge on any atom is -0.480 e. The highest BCUT2D eigenvalue weighted by Gasteiger charge is 2.37. The molecule has 2 N–H and O–H groups in total. The summed E-state index contributed by atoms with van der Waals surface area (Å²) in [5, 5.41) is 12.0. The second kappa shape index (κ2) is 6.61.